The molecular weight excluding hydrogens is 220 g/mol. The van der Waals surface area contributed by atoms with Gasteiger partial charge in [-0.15, -0.1) is 0 Å². The molecule has 1 saturated carbocycles. The largest absolute Gasteiger partial charge is 0.300 e. The zero-order valence-corrected chi connectivity index (χ0v) is 12.6. The molecule has 2 aliphatic heterocycles. The van der Waals surface area contributed by atoms with Crippen molar-refractivity contribution >= 4 is 0 Å². The number of rotatable bonds is 3. The van der Waals surface area contributed by atoms with Crippen molar-refractivity contribution in [2.45, 2.75) is 52.6 Å². The molecule has 1 aliphatic carbocycles. The third-order valence-electron chi connectivity index (χ3n) is 5.88. The first-order valence-corrected chi connectivity index (χ1v) is 8.02. The van der Waals surface area contributed by atoms with Crippen LogP contribution < -0.4 is 0 Å². The van der Waals surface area contributed by atoms with Gasteiger partial charge in [0.15, 0.2) is 0 Å². The van der Waals surface area contributed by atoms with E-state index in [1.54, 1.807) is 0 Å². The minimum absolute atomic E-state index is 0.753. The molecule has 3 aliphatic rings. The van der Waals surface area contributed by atoms with E-state index in [2.05, 4.69) is 37.5 Å². The lowest BCUT2D eigenvalue weighted by Crippen LogP contribution is -2.53. The van der Waals surface area contributed by atoms with Gasteiger partial charge in [-0.25, -0.2) is 0 Å². The molecule has 0 spiro atoms. The number of fused-ring (bicyclic) bond motifs is 1. The van der Waals surface area contributed by atoms with E-state index in [-0.39, 0.29) is 0 Å². The molecule has 2 unspecified atom stereocenters. The van der Waals surface area contributed by atoms with Crippen LogP contribution in [0.25, 0.3) is 0 Å². The Hall–Kier alpha value is -0.0800. The average molecular weight is 250 g/mol. The quantitative estimate of drug-likeness (QED) is 0.760. The van der Waals surface area contributed by atoms with E-state index < -0.39 is 0 Å². The highest BCUT2D eigenvalue weighted by molar-refractivity contribution is 4.99. The summed E-state index contributed by atoms with van der Waals surface area (Å²) in [6.07, 6.45) is 2.97. The number of hydrogen-bond acceptors (Lipinski definition) is 2. The number of likely N-dealkylation sites (tertiary alicyclic amines) is 2. The number of nitrogens with zero attached hydrogens (tertiary/aromatic N) is 2. The molecule has 2 saturated heterocycles. The Morgan fingerprint density at radius 2 is 1.39 bits per heavy atom. The highest BCUT2D eigenvalue weighted by Crippen LogP contribution is 2.42. The molecule has 0 aromatic carbocycles. The molecule has 18 heavy (non-hydrogen) atoms. The zero-order valence-electron chi connectivity index (χ0n) is 12.6. The van der Waals surface area contributed by atoms with Crippen molar-refractivity contribution < 1.29 is 0 Å². The summed E-state index contributed by atoms with van der Waals surface area (Å²) in [4.78, 5) is 5.47. The minimum Gasteiger partial charge on any atom is -0.300 e. The average Bonchev–Trinajstić information content (AvgIpc) is 2.71. The van der Waals surface area contributed by atoms with Gasteiger partial charge in [0.05, 0.1) is 0 Å². The van der Waals surface area contributed by atoms with Crippen LogP contribution in [0.15, 0.2) is 0 Å². The van der Waals surface area contributed by atoms with Gasteiger partial charge in [0.2, 0.25) is 0 Å². The predicted octanol–water partition coefficient (Wildman–Crippen LogP) is 2.69. The Bertz CT molecular complexity index is 279. The van der Waals surface area contributed by atoms with Crippen LogP contribution in [-0.4, -0.2) is 48.1 Å². The number of hydrogen-bond donors (Lipinski definition) is 0. The van der Waals surface area contributed by atoms with E-state index in [0.29, 0.717) is 0 Å². The van der Waals surface area contributed by atoms with Crippen molar-refractivity contribution in [2.24, 2.45) is 23.7 Å². The van der Waals surface area contributed by atoms with Crippen LogP contribution in [0.1, 0.15) is 40.5 Å². The lowest BCUT2D eigenvalue weighted by Gasteiger charge is -2.45. The van der Waals surface area contributed by atoms with Gasteiger partial charge < -0.3 is 4.90 Å². The van der Waals surface area contributed by atoms with Crippen molar-refractivity contribution in [3.8, 4) is 0 Å². The zero-order chi connectivity index (χ0) is 12.9. The molecule has 0 amide bonds. The summed E-state index contributed by atoms with van der Waals surface area (Å²) in [5.74, 6) is 3.89. The SMILES string of the molecule is CC(C)C1CN(C2CC3CN(C(C)C)CC3C2)C1. The second-order valence-electron chi connectivity index (χ2n) is 7.65. The smallest absolute Gasteiger partial charge is 0.0102 e. The molecular formula is C16H30N2. The fourth-order valence-corrected chi connectivity index (χ4v) is 4.29. The van der Waals surface area contributed by atoms with Crippen molar-refractivity contribution in [3.05, 3.63) is 0 Å². The Morgan fingerprint density at radius 3 is 1.83 bits per heavy atom. The summed E-state index contributed by atoms with van der Waals surface area (Å²) in [5, 5.41) is 0. The van der Waals surface area contributed by atoms with E-state index in [1.165, 1.54) is 39.0 Å². The Morgan fingerprint density at radius 1 is 0.833 bits per heavy atom. The lowest BCUT2D eigenvalue weighted by molar-refractivity contribution is 0.0253. The van der Waals surface area contributed by atoms with Crippen LogP contribution in [0.5, 0.6) is 0 Å². The van der Waals surface area contributed by atoms with Crippen molar-refractivity contribution in [2.75, 3.05) is 26.2 Å². The van der Waals surface area contributed by atoms with Gasteiger partial charge in [-0.2, -0.15) is 0 Å². The lowest BCUT2D eigenvalue weighted by atomic mass is 9.87. The maximum absolute atomic E-state index is 2.78. The normalized spacial score (nSPS) is 38.7. The molecule has 0 bridgehead atoms. The summed E-state index contributed by atoms with van der Waals surface area (Å²) in [5.41, 5.74) is 0. The van der Waals surface area contributed by atoms with E-state index in [0.717, 1.165) is 35.8 Å². The van der Waals surface area contributed by atoms with Crippen LogP contribution >= 0.6 is 0 Å². The van der Waals surface area contributed by atoms with Crippen LogP contribution in [0, 0.1) is 23.7 Å². The summed E-state index contributed by atoms with van der Waals surface area (Å²) < 4.78 is 0. The van der Waals surface area contributed by atoms with Crippen LogP contribution in [-0.2, 0) is 0 Å². The standard InChI is InChI=1S/C16H30N2/c1-11(2)15-9-18(10-15)16-5-13-7-17(12(3)4)8-14(13)6-16/h11-16H,5-10H2,1-4H3. The molecule has 2 heterocycles. The van der Waals surface area contributed by atoms with Crippen LogP contribution in [0.3, 0.4) is 0 Å². The van der Waals surface area contributed by atoms with Gasteiger partial charge in [-0.1, -0.05) is 13.8 Å². The first-order valence-electron chi connectivity index (χ1n) is 8.02. The van der Waals surface area contributed by atoms with E-state index in [1.807, 2.05) is 0 Å². The molecule has 2 atom stereocenters. The van der Waals surface area contributed by atoms with Crippen molar-refractivity contribution in [3.63, 3.8) is 0 Å². The summed E-state index contributed by atoms with van der Waals surface area (Å²) >= 11 is 0. The predicted molar refractivity (Wildman–Crippen MR) is 76.6 cm³/mol. The van der Waals surface area contributed by atoms with Gasteiger partial charge in [0.1, 0.15) is 0 Å². The van der Waals surface area contributed by atoms with Crippen molar-refractivity contribution in [1.82, 2.24) is 9.80 Å². The molecule has 3 rings (SSSR count). The summed E-state index contributed by atoms with van der Waals surface area (Å²) in [6.45, 7) is 15.0. The maximum atomic E-state index is 2.78. The second kappa shape index (κ2) is 4.79. The van der Waals surface area contributed by atoms with E-state index >= 15 is 0 Å². The molecule has 3 fully saturated rings. The van der Waals surface area contributed by atoms with Gasteiger partial charge in [-0.05, 0) is 50.4 Å². The van der Waals surface area contributed by atoms with Gasteiger partial charge >= 0.3 is 0 Å². The topological polar surface area (TPSA) is 6.48 Å². The van der Waals surface area contributed by atoms with Crippen LogP contribution in [0.4, 0.5) is 0 Å². The van der Waals surface area contributed by atoms with Crippen molar-refractivity contribution in [1.29, 1.82) is 0 Å². The van der Waals surface area contributed by atoms with Gasteiger partial charge in [0.25, 0.3) is 0 Å². The fourth-order valence-electron chi connectivity index (χ4n) is 4.29. The molecule has 2 nitrogen and oxygen atoms in total. The second-order valence-corrected chi connectivity index (χ2v) is 7.65. The maximum Gasteiger partial charge on any atom is 0.0102 e. The molecule has 0 radical (unpaired) electrons. The van der Waals surface area contributed by atoms with E-state index in [9.17, 15) is 0 Å². The van der Waals surface area contributed by atoms with Crippen LogP contribution in [0.2, 0.25) is 0 Å². The van der Waals surface area contributed by atoms with E-state index in [4.69, 9.17) is 0 Å². The Labute approximate surface area is 113 Å². The molecule has 0 aromatic rings. The first kappa shape index (κ1) is 12.9. The molecule has 0 aromatic heterocycles. The Balaban J connectivity index is 1.48. The molecule has 2 heteroatoms. The fraction of sp³-hybridized carbons (Fsp3) is 1.00. The Kier molecular flexibility index (Phi) is 3.44. The minimum atomic E-state index is 0.753. The monoisotopic (exact) mass is 250 g/mol. The molecule has 0 N–H and O–H groups in total. The third-order valence-corrected chi connectivity index (χ3v) is 5.88. The highest BCUT2D eigenvalue weighted by Gasteiger charge is 2.45. The summed E-state index contributed by atoms with van der Waals surface area (Å²) in [6, 6.07) is 1.69. The highest BCUT2D eigenvalue weighted by atomic mass is 15.2. The van der Waals surface area contributed by atoms with Gasteiger partial charge in [0, 0.05) is 38.3 Å². The molecule has 104 valence electrons. The summed E-state index contributed by atoms with van der Waals surface area (Å²) in [7, 11) is 0. The first-order chi connectivity index (χ1) is 8.54. The third kappa shape index (κ3) is 2.22. The van der Waals surface area contributed by atoms with Gasteiger partial charge in [-0.3, -0.25) is 4.90 Å².